The molecule has 21 heavy (non-hydrogen) atoms. The number of aliphatic hydroxyl groups is 1. The Balaban J connectivity index is 2.38. The number of piperidine rings is 1. The summed E-state index contributed by atoms with van der Waals surface area (Å²) < 4.78 is 0. The molecule has 114 valence electrons. The highest BCUT2D eigenvalue weighted by Crippen LogP contribution is 2.31. The minimum Gasteiger partial charge on any atom is -0.391 e. The van der Waals surface area contributed by atoms with Crippen molar-refractivity contribution in [2.45, 2.75) is 18.9 Å². The first-order chi connectivity index (χ1) is 9.90. The van der Waals surface area contributed by atoms with Gasteiger partial charge in [0.25, 0.3) is 11.6 Å². The van der Waals surface area contributed by atoms with Crippen molar-refractivity contribution >= 4 is 17.3 Å². The summed E-state index contributed by atoms with van der Waals surface area (Å²) in [4.78, 5) is 25.9. The summed E-state index contributed by atoms with van der Waals surface area (Å²) in [7, 11) is 3.20. The average molecular weight is 293 g/mol. The van der Waals surface area contributed by atoms with E-state index in [2.05, 4.69) is 0 Å². The second-order valence-corrected chi connectivity index (χ2v) is 5.40. The normalized spacial score (nSPS) is 18.4. The van der Waals surface area contributed by atoms with Crippen LogP contribution in [0.5, 0.6) is 0 Å². The van der Waals surface area contributed by atoms with E-state index < -0.39 is 11.0 Å². The van der Waals surface area contributed by atoms with E-state index in [1.807, 2.05) is 0 Å². The molecule has 1 saturated heterocycles. The SMILES string of the molecule is CN(C)C(=O)c1ccc(N2CCCC(O)C2)c([N+](=O)[O-])c1. The van der Waals surface area contributed by atoms with Crippen LogP contribution < -0.4 is 4.90 Å². The fourth-order valence-corrected chi connectivity index (χ4v) is 2.50. The molecule has 0 bridgehead atoms. The van der Waals surface area contributed by atoms with Crippen LogP contribution in [0.1, 0.15) is 23.2 Å². The van der Waals surface area contributed by atoms with E-state index in [0.717, 1.165) is 6.42 Å². The number of β-amino-alcohol motifs (C(OH)–C–C–N with tert-alkyl or cyclic N) is 1. The molecule has 0 radical (unpaired) electrons. The number of anilines is 1. The Labute approximate surface area is 122 Å². The van der Waals surface area contributed by atoms with Crippen molar-refractivity contribution < 1.29 is 14.8 Å². The van der Waals surface area contributed by atoms with Crippen molar-refractivity contribution in [3.8, 4) is 0 Å². The Kier molecular flexibility index (Phi) is 4.42. The molecule has 1 aliphatic heterocycles. The number of aliphatic hydroxyl groups excluding tert-OH is 1. The average Bonchev–Trinajstić information content (AvgIpc) is 2.45. The van der Waals surface area contributed by atoms with Crippen molar-refractivity contribution in [1.82, 2.24) is 4.90 Å². The minimum absolute atomic E-state index is 0.100. The summed E-state index contributed by atoms with van der Waals surface area (Å²) in [5, 5.41) is 21.0. The lowest BCUT2D eigenvalue weighted by molar-refractivity contribution is -0.384. The molecule has 1 fully saturated rings. The summed E-state index contributed by atoms with van der Waals surface area (Å²) in [6.45, 7) is 1.04. The first-order valence-electron chi connectivity index (χ1n) is 6.83. The van der Waals surface area contributed by atoms with Crippen LogP contribution >= 0.6 is 0 Å². The van der Waals surface area contributed by atoms with Gasteiger partial charge in [0.1, 0.15) is 5.69 Å². The molecule has 0 aromatic heterocycles. The Hall–Kier alpha value is -2.15. The van der Waals surface area contributed by atoms with E-state index in [9.17, 15) is 20.0 Å². The Bertz CT molecular complexity index is 559. The van der Waals surface area contributed by atoms with Gasteiger partial charge in [-0.2, -0.15) is 0 Å². The van der Waals surface area contributed by atoms with Crippen LogP contribution in [-0.4, -0.2) is 54.1 Å². The van der Waals surface area contributed by atoms with Gasteiger partial charge in [-0.1, -0.05) is 0 Å². The van der Waals surface area contributed by atoms with Gasteiger partial charge in [-0.25, -0.2) is 0 Å². The molecule has 1 aromatic rings. The highest BCUT2D eigenvalue weighted by atomic mass is 16.6. The number of carbonyl (C=O) groups is 1. The van der Waals surface area contributed by atoms with E-state index in [4.69, 9.17) is 0 Å². The standard InChI is InChI=1S/C14H19N3O4/c1-15(2)14(19)10-5-6-12(13(8-10)17(20)21)16-7-3-4-11(18)9-16/h5-6,8,11,18H,3-4,7,9H2,1-2H3. The van der Waals surface area contributed by atoms with Crippen molar-refractivity contribution in [2.75, 3.05) is 32.1 Å². The number of nitro groups is 1. The minimum atomic E-state index is -0.483. The monoisotopic (exact) mass is 293 g/mol. The molecule has 7 nitrogen and oxygen atoms in total. The number of hydrogen-bond acceptors (Lipinski definition) is 5. The molecule has 1 heterocycles. The van der Waals surface area contributed by atoms with Crippen LogP contribution in [-0.2, 0) is 0 Å². The van der Waals surface area contributed by atoms with Gasteiger partial charge in [0.2, 0.25) is 0 Å². The predicted octanol–water partition coefficient (Wildman–Crippen LogP) is 1.26. The zero-order chi connectivity index (χ0) is 15.6. The van der Waals surface area contributed by atoms with Gasteiger partial charge in [-0.3, -0.25) is 14.9 Å². The third kappa shape index (κ3) is 3.30. The van der Waals surface area contributed by atoms with Crippen molar-refractivity contribution in [3.63, 3.8) is 0 Å². The molecule has 1 atom stereocenters. The summed E-state index contributed by atoms with van der Waals surface area (Å²) >= 11 is 0. The Morgan fingerprint density at radius 1 is 1.48 bits per heavy atom. The largest absolute Gasteiger partial charge is 0.391 e. The van der Waals surface area contributed by atoms with Gasteiger partial charge in [0.15, 0.2) is 0 Å². The molecule has 0 aliphatic carbocycles. The van der Waals surface area contributed by atoms with E-state index in [1.54, 1.807) is 31.1 Å². The number of nitrogens with zero attached hydrogens (tertiary/aromatic N) is 3. The third-order valence-corrected chi connectivity index (χ3v) is 3.56. The molecule has 0 spiro atoms. The predicted molar refractivity (Wildman–Crippen MR) is 78.6 cm³/mol. The van der Waals surface area contributed by atoms with Crippen LogP contribution in [0.2, 0.25) is 0 Å². The summed E-state index contributed by atoms with van der Waals surface area (Å²) in [5.41, 5.74) is 0.638. The maximum absolute atomic E-state index is 11.9. The second-order valence-electron chi connectivity index (χ2n) is 5.40. The lowest BCUT2D eigenvalue weighted by Gasteiger charge is -2.31. The van der Waals surface area contributed by atoms with Crippen LogP contribution in [0.15, 0.2) is 18.2 Å². The Morgan fingerprint density at radius 3 is 2.76 bits per heavy atom. The van der Waals surface area contributed by atoms with Crippen LogP contribution in [0, 0.1) is 10.1 Å². The molecule has 1 unspecified atom stereocenters. The molecule has 2 rings (SSSR count). The van der Waals surface area contributed by atoms with Gasteiger partial charge in [0.05, 0.1) is 11.0 Å². The molecule has 0 saturated carbocycles. The quantitative estimate of drug-likeness (QED) is 0.669. The number of carbonyl (C=O) groups excluding carboxylic acids is 1. The van der Waals surface area contributed by atoms with Crippen molar-refractivity contribution in [1.29, 1.82) is 0 Å². The van der Waals surface area contributed by atoms with Gasteiger partial charge >= 0.3 is 0 Å². The zero-order valence-electron chi connectivity index (χ0n) is 12.2. The lowest BCUT2D eigenvalue weighted by Crippen LogP contribution is -2.38. The molecule has 1 amide bonds. The van der Waals surface area contributed by atoms with Crippen LogP contribution in [0.25, 0.3) is 0 Å². The van der Waals surface area contributed by atoms with Gasteiger partial charge in [-0.05, 0) is 25.0 Å². The molecule has 7 heteroatoms. The van der Waals surface area contributed by atoms with E-state index >= 15 is 0 Å². The summed E-state index contributed by atoms with van der Waals surface area (Å²) in [6.07, 6.45) is 1.03. The molecule has 1 aliphatic rings. The smallest absolute Gasteiger partial charge is 0.293 e. The van der Waals surface area contributed by atoms with Gasteiger partial charge in [0, 0.05) is 38.8 Å². The summed E-state index contributed by atoms with van der Waals surface area (Å²) in [5.74, 6) is -0.275. The first kappa shape index (κ1) is 15.2. The van der Waals surface area contributed by atoms with Gasteiger partial charge in [-0.15, -0.1) is 0 Å². The zero-order valence-corrected chi connectivity index (χ0v) is 12.2. The van der Waals surface area contributed by atoms with Crippen LogP contribution in [0.3, 0.4) is 0 Å². The van der Waals surface area contributed by atoms with E-state index in [1.165, 1.54) is 11.0 Å². The third-order valence-electron chi connectivity index (χ3n) is 3.56. The molecular weight excluding hydrogens is 274 g/mol. The highest BCUT2D eigenvalue weighted by Gasteiger charge is 2.26. The molecule has 1 N–H and O–H groups in total. The topological polar surface area (TPSA) is 86.9 Å². The number of amides is 1. The molecular formula is C14H19N3O4. The van der Waals surface area contributed by atoms with Crippen molar-refractivity contribution in [2.24, 2.45) is 0 Å². The highest BCUT2D eigenvalue weighted by molar-refractivity contribution is 5.95. The van der Waals surface area contributed by atoms with Crippen molar-refractivity contribution in [3.05, 3.63) is 33.9 Å². The first-order valence-corrected chi connectivity index (χ1v) is 6.83. The number of hydrogen-bond donors (Lipinski definition) is 1. The van der Waals surface area contributed by atoms with Gasteiger partial charge < -0.3 is 14.9 Å². The lowest BCUT2D eigenvalue weighted by atomic mass is 10.1. The van der Waals surface area contributed by atoms with E-state index in [-0.39, 0.29) is 17.2 Å². The number of nitro benzene ring substituents is 1. The maximum Gasteiger partial charge on any atom is 0.293 e. The summed E-state index contributed by atoms with van der Waals surface area (Å²) in [6, 6.07) is 4.48. The fraction of sp³-hybridized carbons (Fsp3) is 0.500. The second kappa shape index (κ2) is 6.09. The number of rotatable bonds is 3. The van der Waals surface area contributed by atoms with Crippen LogP contribution in [0.4, 0.5) is 11.4 Å². The Morgan fingerprint density at radius 2 is 2.19 bits per heavy atom. The number of benzene rings is 1. The van der Waals surface area contributed by atoms with E-state index in [0.29, 0.717) is 25.2 Å². The molecule has 1 aromatic carbocycles. The maximum atomic E-state index is 11.9. The fourth-order valence-electron chi connectivity index (χ4n) is 2.50.